The Morgan fingerprint density at radius 1 is 0.967 bits per heavy atom. The van der Waals surface area contributed by atoms with E-state index in [1.807, 2.05) is 0 Å². The Morgan fingerprint density at radius 2 is 1.37 bits per heavy atom. The molecule has 0 fully saturated rings. The van der Waals surface area contributed by atoms with Gasteiger partial charge in [-0.2, -0.15) is 0 Å². The molecule has 12 nitrogen and oxygen atoms in total. The molecule has 174 valence electrons. The van der Waals surface area contributed by atoms with Crippen LogP contribution in [0.3, 0.4) is 0 Å². The van der Waals surface area contributed by atoms with E-state index < -0.39 is 13.3 Å². The van der Waals surface area contributed by atoms with E-state index in [1.54, 1.807) is 0 Å². The summed E-state index contributed by atoms with van der Waals surface area (Å²) in [5.41, 5.74) is 21.5. The number of alkyl halides is 2. The minimum Gasteiger partial charge on any atom is -0.396 e. The molecule has 0 aliphatic heterocycles. The first-order chi connectivity index (χ1) is 14.5. The second-order valence-corrected chi connectivity index (χ2v) is 5.18. The maximum atomic E-state index is 9.96. The molecule has 15 heteroatoms. The quantitative estimate of drug-likeness (QED) is 0.0604. The average Bonchev–Trinajstić information content (AvgIpc) is 2.75. The van der Waals surface area contributed by atoms with Crippen LogP contribution >= 0.6 is 11.6 Å². The van der Waals surface area contributed by atoms with Crippen molar-refractivity contribution in [2.45, 2.75) is 37.9 Å². The summed E-state index contributed by atoms with van der Waals surface area (Å²) in [4.78, 5) is 4.06. The number of ether oxygens (including phenoxy) is 2. The predicted octanol–water partition coefficient (Wildman–Crippen LogP) is -0.722. The molecule has 2 atom stereocenters. The van der Waals surface area contributed by atoms with Crippen LogP contribution in [0.2, 0.25) is 0 Å². The van der Waals surface area contributed by atoms with Crippen LogP contribution in [0.5, 0.6) is 0 Å². The van der Waals surface area contributed by atoms with Crippen molar-refractivity contribution in [2.75, 3.05) is 59.2 Å². The van der Waals surface area contributed by atoms with E-state index in [4.69, 9.17) is 59.5 Å². The topological polar surface area (TPSA) is 207 Å². The Morgan fingerprint density at radius 3 is 1.67 bits per heavy atom. The van der Waals surface area contributed by atoms with E-state index in [2.05, 4.69) is 10.0 Å². The molecule has 0 bridgehead atoms. The molecule has 0 aromatic rings. The molecule has 0 heterocycles. The van der Waals surface area contributed by atoms with Crippen LogP contribution in [0, 0.1) is 0 Å². The van der Waals surface area contributed by atoms with Crippen molar-refractivity contribution in [3.63, 3.8) is 0 Å². The Balaban J connectivity index is -0.000000113. The summed E-state index contributed by atoms with van der Waals surface area (Å²) in [5.74, 6) is 0.315. The van der Waals surface area contributed by atoms with E-state index in [0.29, 0.717) is 25.5 Å². The summed E-state index contributed by atoms with van der Waals surface area (Å²) < 4.78 is 25.8. The zero-order valence-electron chi connectivity index (χ0n) is 18.4. The van der Waals surface area contributed by atoms with Crippen LogP contribution in [-0.2, 0) is 9.47 Å². The normalized spacial score (nSPS) is 11.1. The molecule has 0 amide bonds. The van der Waals surface area contributed by atoms with Gasteiger partial charge in [0.2, 0.25) is 0 Å². The molecule has 0 saturated carbocycles. The number of hydrogen-bond donors (Lipinski definition) is 4. The molecule has 4 N–H and O–H groups in total. The number of aliphatic hydroxyl groups excluding tert-OH is 4. The van der Waals surface area contributed by atoms with E-state index in [0.717, 1.165) is 19.3 Å². The maximum absolute atomic E-state index is 9.96. The van der Waals surface area contributed by atoms with Crippen molar-refractivity contribution in [3.05, 3.63) is 26.4 Å². The van der Waals surface area contributed by atoms with Crippen molar-refractivity contribution in [1.29, 1.82) is 0 Å². The van der Waals surface area contributed by atoms with E-state index in [9.17, 15) is 4.39 Å². The smallest absolute Gasteiger partial charge is 0.396 e. The molecule has 0 aliphatic rings. The summed E-state index contributed by atoms with van der Waals surface area (Å²) in [5, 5.41) is 37.5. The fourth-order valence-corrected chi connectivity index (χ4v) is 1.55. The SMILES string of the molecule is OCCCCOC(CO)CCl.[2H]CF.[N-]=[N+]=NCC(CO)OCCCCO.[N-]=[N+]=[N-].[Na+]. The zero-order valence-corrected chi connectivity index (χ0v) is 20.1. The van der Waals surface area contributed by atoms with Gasteiger partial charge in [0, 0.05) is 31.3 Å². The molecule has 0 rings (SSSR count). The number of azide groups is 1. The number of nitrogens with zero attached hydrogens (tertiary/aromatic N) is 6. The van der Waals surface area contributed by atoms with Gasteiger partial charge in [-0.3, -0.25) is 9.30 Å². The third-order valence-electron chi connectivity index (χ3n) is 2.74. The zero-order chi connectivity index (χ0) is 23.9. The van der Waals surface area contributed by atoms with Gasteiger partial charge in [-0.05, 0) is 31.2 Å². The fraction of sp³-hybridized carbons (Fsp3) is 1.00. The van der Waals surface area contributed by atoms with E-state index in [-0.39, 0.29) is 68.6 Å². The Labute approximate surface area is 205 Å². The van der Waals surface area contributed by atoms with E-state index in [1.165, 1.54) is 4.91 Å². The molecule has 0 aliphatic carbocycles. The van der Waals surface area contributed by atoms with Gasteiger partial charge in [0.05, 0.1) is 46.4 Å². The Bertz CT molecular complexity index is 399. The fourth-order valence-electron chi connectivity index (χ4n) is 1.36. The summed E-state index contributed by atoms with van der Waals surface area (Å²) in [6.07, 6.45) is 2.29. The summed E-state index contributed by atoms with van der Waals surface area (Å²) in [6, 6.07) is 0. The van der Waals surface area contributed by atoms with Crippen molar-refractivity contribution < 1.29 is 65.2 Å². The summed E-state index contributed by atoms with van der Waals surface area (Å²) in [6.45, 7) is 1.30. The minimum atomic E-state index is -1.00. The standard InChI is InChI=1S/C7H15ClO3.C7H15N3O3.CH3F.N3.Na/c8-5-7(6-10)11-4-2-1-3-9;8-10-9-5-7(6-12)13-4-2-1-3-11;1-2;1-3-2;/h7,9-10H,1-6H2;7,11-12H,1-6H2;1H3;;/q;;;-1;+1/i;;1D;;. The summed E-state index contributed by atoms with van der Waals surface area (Å²) in [7, 11) is -1.00. The van der Waals surface area contributed by atoms with Gasteiger partial charge >= 0.3 is 29.6 Å². The third-order valence-corrected chi connectivity index (χ3v) is 3.08. The van der Waals surface area contributed by atoms with Gasteiger partial charge in [0.25, 0.3) is 0 Å². The van der Waals surface area contributed by atoms with Gasteiger partial charge in [-0.25, -0.2) is 0 Å². The average molecular weight is 472 g/mol. The van der Waals surface area contributed by atoms with Gasteiger partial charge in [-0.1, -0.05) is 5.11 Å². The number of hydrogen-bond acceptors (Lipinski definition) is 7. The molecule has 0 aromatic heterocycles. The molecule has 2 unspecified atom stereocenters. The molecular weight excluding hydrogens is 438 g/mol. The first-order valence-electron chi connectivity index (χ1n) is 9.30. The van der Waals surface area contributed by atoms with E-state index >= 15 is 0 Å². The van der Waals surface area contributed by atoms with Gasteiger partial charge in [0.15, 0.2) is 0 Å². The minimum absolute atomic E-state index is 0. The first-order valence-corrected chi connectivity index (χ1v) is 9.13. The van der Waals surface area contributed by atoms with Crippen molar-refractivity contribution in [1.82, 2.24) is 0 Å². The van der Waals surface area contributed by atoms with Crippen molar-refractivity contribution >= 4 is 11.6 Å². The van der Waals surface area contributed by atoms with Gasteiger partial charge < -0.3 is 41.0 Å². The second-order valence-electron chi connectivity index (χ2n) is 4.87. The summed E-state index contributed by atoms with van der Waals surface area (Å²) >= 11 is 5.45. The first kappa shape index (κ1) is 36.9. The molecule has 0 aromatic carbocycles. The van der Waals surface area contributed by atoms with Crippen molar-refractivity contribution in [2.24, 2.45) is 5.11 Å². The second kappa shape index (κ2) is 42.7. The number of aliphatic hydroxyl groups is 4. The molecule has 0 radical (unpaired) electrons. The van der Waals surface area contributed by atoms with Crippen LogP contribution in [0.15, 0.2) is 5.11 Å². The van der Waals surface area contributed by atoms with Crippen molar-refractivity contribution in [3.8, 4) is 0 Å². The number of halogens is 2. The predicted molar refractivity (Wildman–Crippen MR) is 108 cm³/mol. The maximum Gasteiger partial charge on any atom is 1.00 e. The number of unbranched alkanes of at least 4 members (excludes halogenated alkanes) is 2. The van der Waals surface area contributed by atoms with Gasteiger partial charge in [-0.15, -0.1) is 11.6 Å². The van der Waals surface area contributed by atoms with Crippen LogP contribution in [-0.4, -0.2) is 91.9 Å². The Kier molecular flexibility index (Phi) is 52.5. The van der Waals surface area contributed by atoms with Crippen LogP contribution in [0.1, 0.15) is 27.1 Å². The third kappa shape index (κ3) is 41.9. The van der Waals surface area contributed by atoms with Crippen LogP contribution in [0.25, 0.3) is 26.4 Å². The largest absolute Gasteiger partial charge is 1.00 e. The number of rotatable bonds is 15. The Hall–Kier alpha value is -0.400. The monoisotopic (exact) mass is 471 g/mol. The van der Waals surface area contributed by atoms with Crippen LogP contribution < -0.4 is 29.6 Å². The van der Waals surface area contributed by atoms with Crippen LogP contribution in [0.4, 0.5) is 4.39 Å². The van der Waals surface area contributed by atoms with Gasteiger partial charge in [0.1, 0.15) is 0 Å². The molecular formula is C15H33ClFN6NaO6. The molecule has 30 heavy (non-hydrogen) atoms. The molecule has 0 saturated heterocycles. The molecule has 0 spiro atoms.